The van der Waals surface area contributed by atoms with Crippen LogP contribution in [0.3, 0.4) is 0 Å². The quantitative estimate of drug-likeness (QED) is 0.491. The Morgan fingerprint density at radius 2 is 2.14 bits per heavy atom. The van der Waals surface area contributed by atoms with Crippen molar-refractivity contribution >= 4 is 11.9 Å². The molecule has 0 bridgehead atoms. The van der Waals surface area contributed by atoms with E-state index in [-0.39, 0.29) is 18.5 Å². The third kappa shape index (κ3) is 5.98. The first kappa shape index (κ1) is 17.7. The maximum absolute atomic E-state index is 12.1. The highest BCUT2D eigenvalue weighted by molar-refractivity contribution is 5.94. The largest absolute Gasteiger partial charge is 0.469 e. The van der Waals surface area contributed by atoms with Gasteiger partial charge in [0.05, 0.1) is 13.7 Å². The molecule has 1 N–H and O–H groups in total. The van der Waals surface area contributed by atoms with Gasteiger partial charge in [-0.3, -0.25) is 9.59 Å². The number of unbranched alkanes of at least 4 members (excludes halogenated alkanes) is 1. The molecule has 1 aromatic carbocycles. The zero-order valence-corrected chi connectivity index (χ0v) is 13.0. The number of ether oxygens (including phenoxy) is 1. The van der Waals surface area contributed by atoms with Crippen LogP contribution in [0.2, 0.25) is 0 Å². The van der Waals surface area contributed by atoms with Crippen LogP contribution >= 0.6 is 0 Å². The number of likely N-dealkylation sites (N-methyl/N-ethyl adjacent to an activating group) is 1. The summed E-state index contributed by atoms with van der Waals surface area (Å²) in [5.41, 5.74) is 1.29. The van der Waals surface area contributed by atoms with Gasteiger partial charge in [0.1, 0.15) is 0 Å². The molecule has 0 aliphatic heterocycles. The van der Waals surface area contributed by atoms with Crippen molar-refractivity contribution in [1.82, 2.24) is 4.90 Å². The van der Waals surface area contributed by atoms with Crippen LogP contribution in [-0.2, 0) is 9.53 Å². The molecular formula is C17H21NO4. The predicted octanol–water partition coefficient (Wildman–Crippen LogP) is 1.45. The van der Waals surface area contributed by atoms with Gasteiger partial charge in [-0.05, 0) is 24.6 Å². The first-order valence-electron chi connectivity index (χ1n) is 7.10. The van der Waals surface area contributed by atoms with Crippen molar-refractivity contribution in [3.8, 4) is 11.8 Å². The molecule has 118 valence electrons. The van der Waals surface area contributed by atoms with Crippen LogP contribution in [0.4, 0.5) is 0 Å². The molecule has 0 saturated heterocycles. The van der Waals surface area contributed by atoms with Crippen molar-refractivity contribution in [3.05, 3.63) is 35.4 Å². The Labute approximate surface area is 130 Å². The Morgan fingerprint density at radius 1 is 1.36 bits per heavy atom. The maximum Gasteiger partial charge on any atom is 0.305 e. The van der Waals surface area contributed by atoms with E-state index in [0.29, 0.717) is 31.4 Å². The van der Waals surface area contributed by atoms with Crippen molar-refractivity contribution in [3.63, 3.8) is 0 Å². The standard InChI is InChI=1S/C17H21NO4/c1-18(11-12-19)17(21)15-9-6-8-14(13-15)7-4-3-5-10-16(20)22-2/h6,8-9,13,19H,3,5,10-12H2,1-2H3. The van der Waals surface area contributed by atoms with Crippen LogP contribution < -0.4 is 0 Å². The smallest absolute Gasteiger partial charge is 0.305 e. The number of rotatable bonds is 6. The fourth-order valence-electron chi connectivity index (χ4n) is 1.79. The molecule has 22 heavy (non-hydrogen) atoms. The topological polar surface area (TPSA) is 66.8 Å². The first-order valence-corrected chi connectivity index (χ1v) is 7.10. The van der Waals surface area contributed by atoms with Gasteiger partial charge in [0.25, 0.3) is 5.91 Å². The monoisotopic (exact) mass is 303 g/mol. The molecule has 0 saturated carbocycles. The number of amides is 1. The van der Waals surface area contributed by atoms with Gasteiger partial charge >= 0.3 is 5.97 Å². The lowest BCUT2D eigenvalue weighted by Crippen LogP contribution is -2.29. The number of carbonyl (C=O) groups is 2. The molecule has 0 spiro atoms. The molecule has 0 atom stereocenters. The van der Waals surface area contributed by atoms with Crippen LogP contribution in [0.25, 0.3) is 0 Å². The molecule has 0 unspecified atom stereocenters. The lowest BCUT2D eigenvalue weighted by molar-refractivity contribution is -0.140. The summed E-state index contributed by atoms with van der Waals surface area (Å²) in [7, 11) is 3.01. The minimum Gasteiger partial charge on any atom is -0.469 e. The highest BCUT2D eigenvalue weighted by atomic mass is 16.5. The second kappa shape index (κ2) is 9.59. The minimum absolute atomic E-state index is 0.0675. The van der Waals surface area contributed by atoms with Gasteiger partial charge in [-0.1, -0.05) is 17.9 Å². The number of aliphatic hydroxyl groups is 1. The molecule has 5 nitrogen and oxygen atoms in total. The molecule has 0 aliphatic carbocycles. The Balaban J connectivity index is 2.61. The van der Waals surface area contributed by atoms with E-state index in [4.69, 9.17) is 5.11 Å². The van der Waals surface area contributed by atoms with Crippen molar-refractivity contribution in [2.75, 3.05) is 27.3 Å². The van der Waals surface area contributed by atoms with E-state index in [2.05, 4.69) is 16.6 Å². The predicted molar refractivity (Wildman–Crippen MR) is 83.2 cm³/mol. The van der Waals surface area contributed by atoms with E-state index in [1.54, 1.807) is 25.2 Å². The second-order valence-corrected chi connectivity index (χ2v) is 4.76. The van der Waals surface area contributed by atoms with Crippen LogP contribution in [0.1, 0.15) is 35.2 Å². The number of hydrogen-bond acceptors (Lipinski definition) is 4. The van der Waals surface area contributed by atoms with E-state index in [9.17, 15) is 9.59 Å². The summed E-state index contributed by atoms with van der Waals surface area (Å²) in [6.07, 6.45) is 1.60. The zero-order chi connectivity index (χ0) is 16.4. The van der Waals surface area contributed by atoms with E-state index in [1.165, 1.54) is 12.0 Å². The Kier molecular flexibility index (Phi) is 7.73. The number of hydrogen-bond donors (Lipinski definition) is 1. The second-order valence-electron chi connectivity index (χ2n) is 4.76. The Morgan fingerprint density at radius 3 is 2.82 bits per heavy atom. The van der Waals surface area contributed by atoms with Gasteiger partial charge in [-0.25, -0.2) is 0 Å². The molecule has 0 heterocycles. The van der Waals surface area contributed by atoms with Gasteiger partial charge in [-0.15, -0.1) is 0 Å². The van der Waals surface area contributed by atoms with Crippen LogP contribution in [0.15, 0.2) is 24.3 Å². The summed E-state index contributed by atoms with van der Waals surface area (Å²) in [6, 6.07) is 7.05. The van der Waals surface area contributed by atoms with Crippen LogP contribution in [-0.4, -0.2) is 49.2 Å². The third-order valence-corrected chi connectivity index (χ3v) is 3.03. The molecule has 1 rings (SSSR count). The maximum atomic E-state index is 12.1. The number of carbonyl (C=O) groups excluding carboxylic acids is 2. The van der Waals surface area contributed by atoms with E-state index in [1.807, 2.05) is 6.07 Å². The van der Waals surface area contributed by atoms with E-state index >= 15 is 0 Å². The highest BCUT2D eigenvalue weighted by Gasteiger charge is 2.10. The average Bonchev–Trinajstić information content (AvgIpc) is 2.54. The normalized spacial score (nSPS) is 9.59. The summed E-state index contributed by atoms with van der Waals surface area (Å²) in [6.45, 7) is 0.226. The Bertz CT molecular complexity index is 572. The lowest BCUT2D eigenvalue weighted by Gasteiger charge is -2.15. The molecule has 0 radical (unpaired) electrons. The van der Waals surface area contributed by atoms with Crippen LogP contribution in [0, 0.1) is 11.8 Å². The van der Waals surface area contributed by atoms with Crippen molar-refractivity contribution in [1.29, 1.82) is 0 Å². The highest BCUT2D eigenvalue weighted by Crippen LogP contribution is 2.07. The third-order valence-electron chi connectivity index (χ3n) is 3.03. The molecular weight excluding hydrogens is 282 g/mol. The van der Waals surface area contributed by atoms with Gasteiger partial charge in [0.2, 0.25) is 0 Å². The van der Waals surface area contributed by atoms with E-state index in [0.717, 1.165) is 5.56 Å². The van der Waals surface area contributed by atoms with Gasteiger partial charge in [0, 0.05) is 37.6 Å². The summed E-state index contributed by atoms with van der Waals surface area (Å²) in [5.74, 6) is 5.57. The Hall–Kier alpha value is -2.32. The first-order chi connectivity index (χ1) is 10.6. The number of methoxy groups -OCH3 is 1. The molecule has 0 aliphatic rings. The van der Waals surface area contributed by atoms with Gasteiger partial charge in [-0.2, -0.15) is 0 Å². The number of benzene rings is 1. The lowest BCUT2D eigenvalue weighted by atomic mass is 10.1. The summed E-state index contributed by atoms with van der Waals surface area (Å²) in [5, 5.41) is 8.86. The molecule has 0 fully saturated rings. The minimum atomic E-state index is -0.235. The number of nitrogens with zero attached hydrogens (tertiary/aromatic N) is 1. The fraction of sp³-hybridized carbons (Fsp3) is 0.412. The fourth-order valence-corrected chi connectivity index (χ4v) is 1.79. The molecule has 0 aromatic heterocycles. The van der Waals surface area contributed by atoms with E-state index < -0.39 is 0 Å². The zero-order valence-electron chi connectivity index (χ0n) is 13.0. The summed E-state index contributed by atoms with van der Waals surface area (Å²) >= 11 is 0. The average molecular weight is 303 g/mol. The van der Waals surface area contributed by atoms with Crippen molar-refractivity contribution in [2.45, 2.75) is 19.3 Å². The van der Waals surface area contributed by atoms with Gasteiger partial charge in [0.15, 0.2) is 0 Å². The number of aliphatic hydroxyl groups excluding tert-OH is 1. The summed E-state index contributed by atoms with van der Waals surface area (Å²) in [4.78, 5) is 24.5. The molecule has 1 amide bonds. The summed E-state index contributed by atoms with van der Waals surface area (Å²) < 4.78 is 4.55. The number of esters is 1. The van der Waals surface area contributed by atoms with Crippen molar-refractivity contribution < 1.29 is 19.4 Å². The van der Waals surface area contributed by atoms with Crippen LogP contribution in [0.5, 0.6) is 0 Å². The molecule has 5 heteroatoms. The van der Waals surface area contributed by atoms with Gasteiger partial charge < -0.3 is 14.7 Å². The van der Waals surface area contributed by atoms with Crippen molar-refractivity contribution in [2.24, 2.45) is 0 Å². The SMILES string of the molecule is COC(=O)CCCC#Cc1cccc(C(=O)N(C)CCO)c1. The molecule has 1 aromatic rings.